The summed E-state index contributed by atoms with van der Waals surface area (Å²) in [4.78, 5) is 33.2. The second-order valence-corrected chi connectivity index (χ2v) is 8.64. The van der Waals surface area contributed by atoms with E-state index in [0.717, 1.165) is 43.1 Å². The normalized spacial score (nSPS) is 20.3. The number of piperazine rings is 1. The van der Waals surface area contributed by atoms with Crippen LogP contribution in [0.2, 0.25) is 0 Å². The Balaban J connectivity index is 1.69. The van der Waals surface area contributed by atoms with Gasteiger partial charge in [0.25, 0.3) is 5.91 Å². The van der Waals surface area contributed by atoms with Crippen molar-refractivity contribution in [1.29, 1.82) is 0 Å². The number of carbonyl (C=O) groups excluding carboxylic acids is 1. The van der Waals surface area contributed by atoms with Crippen molar-refractivity contribution in [3.8, 4) is 17.0 Å². The van der Waals surface area contributed by atoms with E-state index in [4.69, 9.17) is 9.72 Å². The van der Waals surface area contributed by atoms with E-state index in [9.17, 15) is 14.7 Å². The van der Waals surface area contributed by atoms with Crippen LogP contribution in [-0.4, -0.2) is 78.4 Å². The average molecular weight is 468 g/mol. The van der Waals surface area contributed by atoms with E-state index in [2.05, 4.69) is 22.5 Å². The summed E-state index contributed by atoms with van der Waals surface area (Å²) in [5.41, 5.74) is 2.66. The maximum absolute atomic E-state index is 13.5. The highest BCUT2D eigenvalue weighted by atomic mass is 16.5. The zero-order valence-electron chi connectivity index (χ0n) is 19.8. The Labute approximate surface area is 200 Å². The molecule has 9 nitrogen and oxygen atoms in total. The molecule has 0 unspecified atom stereocenters. The first kappa shape index (κ1) is 23.8. The zero-order valence-corrected chi connectivity index (χ0v) is 19.8. The van der Waals surface area contributed by atoms with Gasteiger partial charge in [-0.05, 0) is 44.0 Å². The molecule has 0 bridgehead atoms. The van der Waals surface area contributed by atoms with Crippen LogP contribution < -0.4 is 20.3 Å². The van der Waals surface area contributed by atoms with E-state index in [-0.39, 0.29) is 24.5 Å². The number of nitrogens with zero attached hydrogens (tertiary/aromatic N) is 3. The molecule has 2 saturated heterocycles. The standard InChI is InChI=1S/C25H33N5O4/c1-3-18-15-26-12-14-30(18)21-10-9-20(19-7-5-6-8-22(19)34-4-2)28-23(21)24(31)27-17-11-13-29(16-17)25(32)33/h5-10,17-18,26H,3-4,11-16H2,1-2H3,(H,27,31)(H,32,33)/t17-,18-/m1/s1. The van der Waals surface area contributed by atoms with Crippen LogP contribution in [0.25, 0.3) is 11.3 Å². The number of anilines is 1. The van der Waals surface area contributed by atoms with E-state index < -0.39 is 6.09 Å². The van der Waals surface area contributed by atoms with Gasteiger partial charge in [0, 0.05) is 50.4 Å². The maximum atomic E-state index is 13.5. The lowest BCUT2D eigenvalue weighted by Crippen LogP contribution is -2.52. The van der Waals surface area contributed by atoms with Gasteiger partial charge in [-0.3, -0.25) is 4.79 Å². The van der Waals surface area contributed by atoms with E-state index in [1.807, 2.05) is 43.3 Å². The molecule has 2 aliphatic rings. The summed E-state index contributed by atoms with van der Waals surface area (Å²) in [6.07, 6.45) is 0.571. The molecule has 3 heterocycles. The lowest BCUT2D eigenvalue weighted by Gasteiger charge is -2.38. The second kappa shape index (κ2) is 10.7. The minimum Gasteiger partial charge on any atom is -0.493 e. The van der Waals surface area contributed by atoms with Crippen molar-refractivity contribution in [3.05, 3.63) is 42.1 Å². The SMILES string of the molecule is CCOc1ccccc1-c1ccc(N2CCNC[C@H]2CC)c(C(=O)N[C@@H]2CCN(C(=O)O)C2)n1. The van der Waals surface area contributed by atoms with Crippen LogP contribution in [0.5, 0.6) is 5.75 Å². The topological polar surface area (TPSA) is 107 Å². The summed E-state index contributed by atoms with van der Waals surface area (Å²) in [6, 6.07) is 11.6. The van der Waals surface area contributed by atoms with Gasteiger partial charge < -0.3 is 30.3 Å². The highest BCUT2D eigenvalue weighted by molar-refractivity contribution is 5.99. The molecule has 1 aromatic carbocycles. The molecule has 3 N–H and O–H groups in total. The minimum absolute atomic E-state index is 0.234. The Kier molecular flexibility index (Phi) is 7.52. The highest BCUT2D eigenvalue weighted by Crippen LogP contribution is 2.32. The number of amides is 2. The van der Waals surface area contributed by atoms with Crippen LogP contribution in [0.15, 0.2) is 36.4 Å². The second-order valence-electron chi connectivity index (χ2n) is 8.64. The first-order valence-corrected chi connectivity index (χ1v) is 12.0. The van der Waals surface area contributed by atoms with Gasteiger partial charge in [-0.15, -0.1) is 0 Å². The number of hydrogen-bond acceptors (Lipinski definition) is 6. The number of hydrogen-bond donors (Lipinski definition) is 3. The molecule has 9 heteroatoms. The lowest BCUT2D eigenvalue weighted by molar-refractivity contribution is 0.0931. The summed E-state index contributed by atoms with van der Waals surface area (Å²) in [6.45, 7) is 7.78. The number of aromatic nitrogens is 1. The first-order chi connectivity index (χ1) is 16.5. The Bertz CT molecular complexity index is 1030. The summed E-state index contributed by atoms with van der Waals surface area (Å²) in [7, 11) is 0. The smallest absolute Gasteiger partial charge is 0.407 e. The third-order valence-corrected chi connectivity index (χ3v) is 6.48. The minimum atomic E-state index is -0.961. The van der Waals surface area contributed by atoms with Crippen molar-refractivity contribution >= 4 is 17.7 Å². The summed E-state index contributed by atoms with van der Waals surface area (Å²) < 4.78 is 5.79. The number of nitrogens with one attached hydrogen (secondary N) is 2. The lowest BCUT2D eigenvalue weighted by atomic mass is 10.1. The van der Waals surface area contributed by atoms with Gasteiger partial charge >= 0.3 is 6.09 Å². The Morgan fingerprint density at radius 1 is 1.21 bits per heavy atom. The third kappa shape index (κ3) is 5.09. The first-order valence-electron chi connectivity index (χ1n) is 12.0. The van der Waals surface area contributed by atoms with Gasteiger partial charge in [0.1, 0.15) is 5.75 Å². The van der Waals surface area contributed by atoms with Crippen molar-refractivity contribution in [2.45, 2.75) is 38.8 Å². The predicted octanol–water partition coefficient (Wildman–Crippen LogP) is 2.82. The molecule has 2 amide bonds. The van der Waals surface area contributed by atoms with Crippen LogP contribution in [0, 0.1) is 0 Å². The Morgan fingerprint density at radius 2 is 2.03 bits per heavy atom. The fourth-order valence-corrected chi connectivity index (χ4v) is 4.71. The molecule has 2 atom stereocenters. The van der Waals surface area contributed by atoms with Crippen LogP contribution in [0.4, 0.5) is 10.5 Å². The molecule has 182 valence electrons. The van der Waals surface area contributed by atoms with Crippen LogP contribution >= 0.6 is 0 Å². The molecule has 4 rings (SSSR count). The monoisotopic (exact) mass is 467 g/mol. The van der Waals surface area contributed by atoms with Gasteiger partial charge in [0.05, 0.1) is 18.0 Å². The number of benzene rings is 1. The van der Waals surface area contributed by atoms with Gasteiger partial charge in [0.2, 0.25) is 0 Å². The molecule has 1 aromatic heterocycles. The van der Waals surface area contributed by atoms with Crippen LogP contribution in [-0.2, 0) is 0 Å². The predicted molar refractivity (Wildman–Crippen MR) is 131 cm³/mol. The summed E-state index contributed by atoms with van der Waals surface area (Å²) >= 11 is 0. The van der Waals surface area contributed by atoms with Crippen LogP contribution in [0.1, 0.15) is 37.2 Å². The summed E-state index contributed by atoms with van der Waals surface area (Å²) in [5, 5.41) is 15.7. The molecular formula is C25H33N5O4. The van der Waals surface area contributed by atoms with Crippen molar-refractivity contribution in [1.82, 2.24) is 20.5 Å². The van der Waals surface area contributed by atoms with Gasteiger partial charge in [0.15, 0.2) is 5.69 Å². The molecule has 0 spiro atoms. The van der Waals surface area contributed by atoms with E-state index in [1.54, 1.807) is 0 Å². The average Bonchev–Trinajstić information content (AvgIpc) is 3.33. The van der Waals surface area contributed by atoms with Gasteiger partial charge in [-0.25, -0.2) is 9.78 Å². The molecule has 0 aliphatic carbocycles. The van der Waals surface area contributed by atoms with E-state index >= 15 is 0 Å². The van der Waals surface area contributed by atoms with E-state index in [1.165, 1.54) is 4.90 Å². The van der Waals surface area contributed by atoms with Crippen molar-refractivity contribution in [2.75, 3.05) is 44.2 Å². The quantitative estimate of drug-likeness (QED) is 0.575. The fourth-order valence-electron chi connectivity index (χ4n) is 4.71. The molecule has 0 saturated carbocycles. The largest absolute Gasteiger partial charge is 0.493 e. The fraction of sp³-hybridized carbons (Fsp3) is 0.480. The molecule has 2 fully saturated rings. The molecular weight excluding hydrogens is 434 g/mol. The Hall–Kier alpha value is -3.33. The number of rotatable bonds is 7. The maximum Gasteiger partial charge on any atom is 0.407 e. The Morgan fingerprint density at radius 3 is 2.76 bits per heavy atom. The molecule has 2 aromatic rings. The van der Waals surface area contributed by atoms with E-state index in [0.29, 0.717) is 31.0 Å². The van der Waals surface area contributed by atoms with Gasteiger partial charge in [-0.2, -0.15) is 0 Å². The third-order valence-electron chi connectivity index (χ3n) is 6.48. The van der Waals surface area contributed by atoms with Crippen molar-refractivity contribution in [3.63, 3.8) is 0 Å². The number of likely N-dealkylation sites (tertiary alicyclic amines) is 1. The molecule has 0 radical (unpaired) electrons. The van der Waals surface area contributed by atoms with Crippen LogP contribution in [0.3, 0.4) is 0 Å². The van der Waals surface area contributed by atoms with Crippen molar-refractivity contribution < 1.29 is 19.4 Å². The number of ether oxygens (including phenoxy) is 1. The number of carbonyl (C=O) groups is 2. The van der Waals surface area contributed by atoms with Gasteiger partial charge in [-0.1, -0.05) is 19.1 Å². The zero-order chi connectivity index (χ0) is 24.1. The highest BCUT2D eigenvalue weighted by Gasteiger charge is 2.30. The van der Waals surface area contributed by atoms with Crippen molar-refractivity contribution in [2.24, 2.45) is 0 Å². The summed E-state index contributed by atoms with van der Waals surface area (Å²) in [5.74, 6) is 0.439. The number of carboxylic acid groups (broad SMARTS) is 1. The number of pyridine rings is 1. The molecule has 34 heavy (non-hydrogen) atoms. The number of para-hydroxylation sites is 1. The molecule has 2 aliphatic heterocycles.